The molecule has 0 aliphatic carbocycles. The molecule has 1 spiro atoms. The lowest BCUT2D eigenvalue weighted by molar-refractivity contribution is -0.152. The molecule has 1 aromatic rings. The van der Waals surface area contributed by atoms with E-state index in [9.17, 15) is 19.5 Å². The number of alkyl halides is 1. The standard InChI is InChI=1S/C33H46BrN3O5/c1-6-10-14-19-35(17-7-2)32(41)29-33-20-24(34)28(42-33)26(27(33)31(40)37(29)25(21-38)22(5)9-4)30(39)36(18-8-3)23-15-12-11-13-16-23/h7-8,11-13,15-16,22,24-29,38H,2-3,6,9-10,14,17-21H2,1,4-5H3/t22-,24?,25-,26+,27-,28+,29?,33?/m0/s1. The Hall–Kier alpha value is -2.49. The normalized spacial score (nSPS) is 29.2. The van der Waals surface area contributed by atoms with E-state index in [1.165, 1.54) is 0 Å². The number of likely N-dealkylation sites (tertiary alicyclic amines) is 1. The summed E-state index contributed by atoms with van der Waals surface area (Å²) in [6.07, 6.45) is 6.78. The summed E-state index contributed by atoms with van der Waals surface area (Å²) < 4.78 is 6.75. The Balaban J connectivity index is 1.82. The predicted molar refractivity (Wildman–Crippen MR) is 168 cm³/mol. The highest BCUT2D eigenvalue weighted by Crippen LogP contribution is 2.61. The van der Waals surface area contributed by atoms with Crippen molar-refractivity contribution >= 4 is 39.3 Å². The molecular formula is C33H46BrN3O5. The van der Waals surface area contributed by atoms with Gasteiger partial charge in [-0.1, -0.05) is 86.3 Å². The molecule has 2 bridgehead atoms. The molecule has 3 fully saturated rings. The van der Waals surface area contributed by atoms with Gasteiger partial charge >= 0.3 is 0 Å². The van der Waals surface area contributed by atoms with E-state index in [-0.39, 0.29) is 41.6 Å². The van der Waals surface area contributed by atoms with Crippen LogP contribution in [0.3, 0.4) is 0 Å². The van der Waals surface area contributed by atoms with Gasteiger partial charge in [0.2, 0.25) is 17.7 Å². The van der Waals surface area contributed by atoms with Gasteiger partial charge in [-0.05, 0) is 30.9 Å². The number of aliphatic hydroxyl groups excluding tert-OH is 1. The van der Waals surface area contributed by atoms with Crippen molar-refractivity contribution in [2.24, 2.45) is 17.8 Å². The number of ether oxygens (including phenoxy) is 1. The maximum Gasteiger partial charge on any atom is 0.248 e. The molecule has 3 aliphatic heterocycles. The number of para-hydroxylation sites is 1. The zero-order valence-electron chi connectivity index (χ0n) is 25.2. The molecule has 230 valence electrons. The van der Waals surface area contributed by atoms with Crippen molar-refractivity contribution in [3.8, 4) is 0 Å². The van der Waals surface area contributed by atoms with Gasteiger partial charge in [0.15, 0.2) is 0 Å². The number of carbonyl (C=O) groups excluding carboxylic acids is 3. The molecular weight excluding hydrogens is 598 g/mol. The minimum Gasteiger partial charge on any atom is -0.394 e. The number of hydrogen-bond donors (Lipinski definition) is 1. The van der Waals surface area contributed by atoms with E-state index in [0.29, 0.717) is 31.6 Å². The minimum atomic E-state index is -1.19. The molecule has 3 aliphatic rings. The number of carbonyl (C=O) groups is 3. The minimum absolute atomic E-state index is 0.0647. The van der Waals surface area contributed by atoms with Gasteiger partial charge < -0.3 is 24.5 Å². The molecule has 8 atom stereocenters. The Labute approximate surface area is 258 Å². The summed E-state index contributed by atoms with van der Waals surface area (Å²) in [6, 6.07) is 7.82. The van der Waals surface area contributed by atoms with E-state index in [2.05, 4.69) is 36.0 Å². The predicted octanol–water partition coefficient (Wildman–Crippen LogP) is 4.57. The van der Waals surface area contributed by atoms with Gasteiger partial charge in [0.25, 0.3) is 0 Å². The number of halogens is 1. The second-order valence-corrected chi connectivity index (χ2v) is 13.1. The van der Waals surface area contributed by atoms with Crippen molar-refractivity contribution in [3.05, 3.63) is 55.6 Å². The van der Waals surface area contributed by atoms with Crippen LogP contribution in [-0.2, 0) is 19.1 Å². The fourth-order valence-corrected chi connectivity index (χ4v) is 8.16. The van der Waals surface area contributed by atoms with Crippen molar-refractivity contribution < 1.29 is 24.2 Å². The van der Waals surface area contributed by atoms with Crippen molar-refractivity contribution in [1.29, 1.82) is 0 Å². The third kappa shape index (κ3) is 5.60. The summed E-state index contributed by atoms with van der Waals surface area (Å²) in [6.45, 7) is 14.7. The molecule has 3 heterocycles. The third-order valence-electron chi connectivity index (χ3n) is 9.43. The van der Waals surface area contributed by atoms with E-state index in [4.69, 9.17) is 4.74 Å². The Morgan fingerprint density at radius 3 is 2.45 bits per heavy atom. The van der Waals surface area contributed by atoms with Crippen LogP contribution in [0.15, 0.2) is 55.6 Å². The summed E-state index contributed by atoms with van der Waals surface area (Å²) in [5, 5.41) is 10.6. The van der Waals surface area contributed by atoms with Crippen LogP contribution in [0, 0.1) is 17.8 Å². The first-order valence-electron chi connectivity index (χ1n) is 15.3. The average Bonchev–Trinajstić information content (AvgIpc) is 3.59. The van der Waals surface area contributed by atoms with E-state index in [1.54, 1.807) is 26.9 Å². The molecule has 3 saturated heterocycles. The van der Waals surface area contributed by atoms with Gasteiger partial charge in [-0.15, -0.1) is 13.2 Å². The molecule has 4 rings (SSSR count). The Kier molecular flexibility index (Phi) is 10.7. The van der Waals surface area contributed by atoms with E-state index < -0.39 is 35.6 Å². The van der Waals surface area contributed by atoms with Crippen LogP contribution in [0.25, 0.3) is 0 Å². The van der Waals surface area contributed by atoms with E-state index in [1.807, 2.05) is 44.2 Å². The number of fused-ring (bicyclic) bond motifs is 1. The number of hydrogen-bond acceptors (Lipinski definition) is 5. The van der Waals surface area contributed by atoms with Gasteiger partial charge in [-0.25, -0.2) is 0 Å². The zero-order valence-corrected chi connectivity index (χ0v) is 26.7. The summed E-state index contributed by atoms with van der Waals surface area (Å²) >= 11 is 3.78. The summed E-state index contributed by atoms with van der Waals surface area (Å²) in [7, 11) is 0. The lowest BCUT2D eigenvalue weighted by Gasteiger charge is -2.41. The number of aliphatic hydroxyl groups is 1. The average molecular weight is 645 g/mol. The second kappa shape index (κ2) is 13.9. The first kappa shape index (κ1) is 32.4. The molecule has 1 aromatic carbocycles. The number of anilines is 1. The number of amides is 3. The topological polar surface area (TPSA) is 90.4 Å². The lowest BCUT2D eigenvalue weighted by atomic mass is 9.70. The fraction of sp³-hybridized carbons (Fsp3) is 0.606. The second-order valence-electron chi connectivity index (χ2n) is 11.9. The van der Waals surface area contributed by atoms with Gasteiger partial charge in [-0.3, -0.25) is 14.4 Å². The largest absolute Gasteiger partial charge is 0.394 e. The summed E-state index contributed by atoms with van der Waals surface area (Å²) in [5.74, 6) is -2.41. The SMILES string of the molecule is C=CCN(CCCCC)C(=O)C1N([C@@H](CO)[C@@H](C)CC)C(=O)[C@@H]2[C@@H](C(=O)N(CC=C)c3ccccc3)[C@@H]3OC12CC3Br. The van der Waals surface area contributed by atoms with Gasteiger partial charge in [-0.2, -0.15) is 0 Å². The number of nitrogens with zero attached hydrogens (tertiary/aromatic N) is 3. The smallest absolute Gasteiger partial charge is 0.248 e. The van der Waals surface area contributed by atoms with Gasteiger partial charge in [0.05, 0.1) is 30.6 Å². The lowest BCUT2D eigenvalue weighted by Crippen LogP contribution is -2.60. The molecule has 3 amide bonds. The highest BCUT2D eigenvalue weighted by atomic mass is 79.9. The molecule has 0 saturated carbocycles. The summed E-state index contributed by atoms with van der Waals surface area (Å²) in [4.78, 5) is 48.4. The van der Waals surface area contributed by atoms with Crippen LogP contribution in [0.2, 0.25) is 0 Å². The van der Waals surface area contributed by atoms with Gasteiger partial charge in [0, 0.05) is 30.1 Å². The maximum absolute atomic E-state index is 14.6. The van der Waals surface area contributed by atoms with Crippen molar-refractivity contribution in [1.82, 2.24) is 9.80 Å². The Morgan fingerprint density at radius 2 is 1.86 bits per heavy atom. The molecule has 3 unspecified atom stereocenters. The van der Waals surface area contributed by atoms with Crippen LogP contribution >= 0.6 is 15.9 Å². The first-order valence-corrected chi connectivity index (χ1v) is 16.3. The fourth-order valence-electron chi connectivity index (χ4n) is 7.21. The third-order valence-corrected chi connectivity index (χ3v) is 10.3. The van der Waals surface area contributed by atoms with Crippen molar-refractivity contribution in [2.45, 2.75) is 81.5 Å². The van der Waals surface area contributed by atoms with Crippen LogP contribution in [-0.4, -0.2) is 87.5 Å². The zero-order chi connectivity index (χ0) is 30.6. The molecule has 42 heavy (non-hydrogen) atoms. The Bertz CT molecular complexity index is 1150. The molecule has 8 nitrogen and oxygen atoms in total. The number of rotatable bonds is 15. The monoisotopic (exact) mass is 643 g/mol. The van der Waals surface area contributed by atoms with Gasteiger partial charge in [0.1, 0.15) is 11.6 Å². The quantitative estimate of drug-likeness (QED) is 0.172. The van der Waals surface area contributed by atoms with Crippen LogP contribution in [0.5, 0.6) is 0 Å². The Morgan fingerprint density at radius 1 is 1.17 bits per heavy atom. The number of unbranched alkanes of at least 4 members (excludes halogenated alkanes) is 2. The van der Waals surface area contributed by atoms with Crippen LogP contribution in [0.4, 0.5) is 5.69 Å². The first-order chi connectivity index (χ1) is 20.2. The molecule has 0 radical (unpaired) electrons. The number of benzene rings is 1. The molecule has 1 N–H and O–H groups in total. The van der Waals surface area contributed by atoms with Crippen molar-refractivity contribution in [3.63, 3.8) is 0 Å². The highest BCUT2D eigenvalue weighted by molar-refractivity contribution is 9.09. The van der Waals surface area contributed by atoms with Crippen LogP contribution < -0.4 is 4.90 Å². The summed E-state index contributed by atoms with van der Waals surface area (Å²) in [5.41, 5.74) is -0.476. The van der Waals surface area contributed by atoms with E-state index >= 15 is 0 Å². The van der Waals surface area contributed by atoms with E-state index in [0.717, 1.165) is 19.3 Å². The molecule has 0 aromatic heterocycles. The highest BCUT2D eigenvalue weighted by Gasteiger charge is 2.77. The molecule has 9 heteroatoms. The maximum atomic E-state index is 14.6. The van der Waals surface area contributed by atoms with Crippen LogP contribution in [0.1, 0.15) is 52.9 Å². The van der Waals surface area contributed by atoms with Crippen molar-refractivity contribution in [2.75, 3.05) is 31.1 Å².